The van der Waals surface area contributed by atoms with Gasteiger partial charge in [-0.25, -0.2) is 0 Å². The lowest BCUT2D eigenvalue weighted by molar-refractivity contribution is -0.138. The molecule has 0 unspecified atom stereocenters. The Morgan fingerprint density at radius 1 is 1.38 bits per heavy atom. The molecule has 0 spiro atoms. The molecule has 1 atom stereocenters. The average Bonchev–Trinajstić information content (AvgIpc) is 2.21. The largest absolute Gasteiger partial charge is 0.480 e. The molecule has 0 bridgehead atoms. The number of nitrogens with two attached hydrogens (primary N) is 1. The summed E-state index contributed by atoms with van der Waals surface area (Å²) in [7, 11) is 0. The molecule has 0 aliphatic heterocycles. The Kier molecular flexibility index (Phi) is 4.29. The van der Waals surface area contributed by atoms with Crippen LogP contribution in [0.15, 0.2) is 18.2 Å². The van der Waals surface area contributed by atoms with Crippen molar-refractivity contribution in [3.8, 4) is 0 Å². The second kappa shape index (κ2) is 5.30. The van der Waals surface area contributed by atoms with Crippen LogP contribution in [0.2, 0.25) is 10.0 Å². The molecule has 6 heteroatoms. The molecule has 1 aromatic carbocycles. The van der Waals surface area contributed by atoms with Crippen molar-refractivity contribution in [2.45, 2.75) is 12.5 Å². The fourth-order valence-electron chi connectivity index (χ4n) is 1.11. The quantitative estimate of drug-likeness (QED) is 0.813. The van der Waals surface area contributed by atoms with E-state index in [1.165, 1.54) is 18.2 Å². The van der Waals surface area contributed by atoms with Gasteiger partial charge < -0.3 is 10.8 Å². The molecule has 0 saturated carbocycles. The number of carboxylic acids is 1. The van der Waals surface area contributed by atoms with Gasteiger partial charge in [0.25, 0.3) is 0 Å². The zero-order valence-electron chi connectivity index (χ0n) is 8.11. The van der Waals surface area contributed by atoms with Crippen LogP contribution < -0.4 is 5.73 Å². The van der Waals surface area contributed by atoms with Crippen molar-refractivity contribution in [3.05, 3.63) is 33.8 Å². The Balaban J connectivity index is 2.88. The zero-order valence-corrected chi connectivity index (χ0v) is 9.63. The Hall–Kier alpha value is -1.10. The first-order chi connectivity index (χ1) is 7.41. The van der Waals surface area contributed by atoms with Gasteiger partial charge in [0, 0.05) is 17.0 Å². The van der Waals surface area contributed by atoms with Crippen LogP contribution in [0.25, 0.3) is 0 Å². The minimum Gasteiger partial charge on any atom is -0.480 e. The average molecular weight is 262 g/mol. The number of carbonyl (C=O) groups is 2. The molecule has 16 heavy (non-hydrogen) atoms. The van der Waals surface area contributed by atoms with Gasteiger partial charge >= 0.3 is 5.97 Å². The van der Waals surface area contributed by atoms with E-state index in [2.05, 4.69) is 0 Å². The maximum absolute atomic E-state index is 11.6. The van der Waals surface area contributed by atoms with Crippen LogP contribution in [-0.2, 0) is 4.79 Å². The summed E-state index contributed by atoms with van der Waals surface area (Å²) >= 11 is 11.5. The Labute approximate surface area is 102 Å². The molecule has 0 radical (unpaired) electrons. The standard InChI is InChI=1S/C10H9Cl2NO3/c11-5-1-2-7(12)6(3-5)9(14)4-8(13)10(15)16/h1-3,8H,4,13H2,(H,15,16)/t8-/m1/s1. The predicted octanol–water partition coefficient (Wildman–Crippen LogP) is 1.98. The first-order valence-electron chi connectivity index (χ1n) is 4.38. The lowest BCUT2D eigenvalue weighted by atomic mass is 10.0. The van der Waals surface area contributed by atoms with E-state index >= 15 is 0 Å². The van der Waals surface area contributed by atoms with Crippen LogP contribution in [0.4, 0.5) is 0 Å². The number of halogens is 2. The Morgan fingerprint density at radius 3 is 2.56 bits per heavy atom. The molecule has 0 heterocycles. The monoisotopic (exact) mass is 261 g/mol. The molecule has 0 amide bonds. The van der Waals surface area contributed by atoms with Crippen LogP contribution in [0.5, 0.6) is 0 Å². The van der Waals surface area contributed by atoms with E-state index in [0.717, 1.165) is 0 Å². The molecule has 1 aromatic rings. The van der Waals surface area contributed by atoms with Crippen LogP contribution in [-0.4, -0.2) is 22.9 Å². The zero-order chi connectivity index (χ0) is 12.3. The second-order valence-corrected chi connectivity index (χ2v) is 4.04. The number of benzene rings is 1. The Morgan fingerprint density at radius 2 is 2.00 bits per heavy atom. The molecule has 0 fully saturated rings. The number of hydrogen-bond donors (Lipinski definition) is 2. The third-order valence-corrected chi connectivity index (χ3v) is 2.52. The molecule has 3 N–H and O–H groups in total. The topological polar surface area (TPSA) is 80.4 Å². The summed E-state index contributed by atoms with van der Waals surface area (Å²) in [5.41, 5.74) is 5.43. The summed E-state index contributed by atoms with van der Waals surface area (Å²) < 4.78 is 0. The number of Topliss-reactive ketones (excluding diaryl/α,β-unsaturated/α-hetero) is 1. The third-order valence-electron chi connectivity index (χ3n) is 1.95. The SMILES string of the molecule is N[C@H](CC(=O)c1cc(Cl)ccc1Cl)C(=O)O. The van der Waals surface area contributed by atoms with Crippen molar-refractivity contribution in [2.75, 3.05) is 0 Å². The summed E-state index contributed by atoms with van der Waals surface area (Å²) in [6.45, 7) is 0. The van der Waals surface area contributed by atoms with Gasteiger partial charge in [-0.15, -0.1) is 0 Å². The van der Waals surface area contributed by atoms with E-state index < -0.39 is 17.8 Å². The van der Waals surface area contributed by atoms with Crippen molar-refractivity contribution in [1.82, 2.24) is 0 Å². The number of aliphatic carboxylic acids is 1. The number of carbonyl (C=O) groups excluding carboxylic acids is 1. The summed E-state index contributed by atoms with van der Waals surface area (Å²) in [5, 5.41) is 9.15. The number of hydrogen-bond acceptors (Lipinski definition) is 3. The summed E-state index contributed by atoms with van der Waals surface area (Å²) in [6, 6.07) is 3.17. The van der Waals surface area contributed by atoms with Crippen LogP contribution >= 0.6 is 23.2 Å². The summed E-state index contributed by atoms with van der Waals surface area (Å²) in [6.07, 6.45) is -0.310. The van der Waals surface area contributed by atoms with E-state index in [9.17, 15) is 9.59 Å². The Bertz CT molecular complexity index is 434. The minimum absolute atomic E-state index is 0.186. The van der Waals surface area contributed by atoms with E-state index in [0.29, 0.717) is 5.02 Å². The van der Waals surface area contributed by atoms with Crippen molar-refractivity contribution in [2.24, 2.45) is 5.73 Å². The molecule has 0 aliphatic rings. The third kappa shape index (κ3) is 3.20. The highest BCUT2D eigenvalue weighted by Gasteiger charge is 2.19. The molecular formula is C10H9Cl2NO3. The first kappa shape index (κ1) is 13.0. The molecule has 0 aliphatic carbocycles. The van der Waals surface area contributed by atoms with Crippen molar-refractivity contribution < 1.29 is 14.7 Å². The number of carboxylic acid groups (broad SMARTS) is 1. The van der Waals surface area contributed by atoms with Gasteiger partial charge in [0.15, 0.2) is 5.78 Å². The van der Waals surface area contributed by atoms with Crippen molar-refractivity contribution in [1.29, 1.82) is 0 Å². The summed E-state index contributed by atoms with van der Waals surface area (Å²) in [4.78, 5) is 22.1. The second-order valence-electron chi connectivity index (χ2n) is 3.20. The lowest BCUT2D eigenvalue weighted by Gasteiger charge is -2.07. The van der Waals surface area contributed by atoms with Gasteiger partial charge in [-0.05, 0) is 18.2 Å². The van der Waals surface area contributed by atoms with Gasteiger partial charge in [0.1, 0.15) is 6.04 Å². The fourth-order valence-corrected chi connectivity index (χ4v) is 1.50. The fraction of sp³-hybridized carbons (Fsp3) is 0.200. The number of ketones is 1. The molecular weight excluding hydrogens is 253 g/mol. The lowest BCUT2D eigenvalue weighted by Crippen LogP contribution is -2.32. The molecule has 0 saturated heterocycles. The minimum atomic E-state index is -1.23. The maximum Gasteiger partial charge on any atom is 0.320 e. The highest BCUT2D eigenvalue weighted by atomic mass is 35.5. The van der Waals surface area contributed by atoms with Crippen LogP contribution in [0, 0.1) is 0 Å². The van der Waals surface area contributed by atoms with Crippen molar-refractivity contribution in [3.63, 3.8) is 0 Å². The van der Waals surface area contributed by atoms with Gasteiger partial charge in [-0.3, -0.25) is 9.59 Å². The van der Waals surface area contributed by atoms with E-state index in [1.807, 2.05) is 0 Å². The predicted molar refractivity (Wildman–Crippen MR) is 61.0 cm³/mol. The van der Waals surface area contributed by atoms with Crippen molar-refractivity contribution >= 4 is 35.0 Å². The number of rotatable bonds is 4. The van der Waals surface area contributed by atoms with Gasteiger partial charge in [0.05, 0.1) is 5.02 Å². The molecule has 0 aromatic heterocycles. The van der Waals surface area contributed by atoms with E-state index in [4.69, 9.17) is 34.0 Å². The normalized spacial score (nSPS) is 12.2. The van der Waals surface area contributed by atoms with Gasteiger partial charge in [-0.2, -0.15) is 0 Å². The highest BCUT2D eigenvalue weighted by Crippen LogP contribution is 2.22. The highest BCUT2D eigenvalue weighted by molar-refractivity contribution is 6.35. The van der Waals surface area contributed by atoms with Crippen LogP contribution in [0.1, 0.15) is 16.8 Å². The molecule has 1 rings (SSSR count). The van der Waals surface area contributed by atoms with Crippen LogP contribution in [0.3, 0.4) is 0 Å². The van der Waals surface area contributed by atoms with Gasteiger partial charge in [-0.1, -0.05) is 23.2 Å². The molecule has 86 valence electrons. The first-order valence-corrected chi connectivity index (χ1v) is 5.14. The molecule has 4 nitrogen and oxygen atoms in total. The maximum atomic E-state index is 11.6. The van der Waals surface area contributed by atoms with Gasteiger partial charge in [0.2, 0.25) is 0 Å². The smallest absolute Gasteiger partial charge is 0.320 e. The summed E-state index contributed by atoms with van der Waals surface area (Å²) in [5.74, 6) is -1.67. The van der Waals surface area contributed by atoms with E-state index in [-0.39, 0.29) is 17.0 Å². The van der Waals surface area contributed by atoms with E-state index in [1.54, 1.807) is 0 Å².